The topological polar surface area (TPSA) is 113 Å². The molecule has 0 spiro atoms. The molecule has 6 rings (SSSR count). The molecule has 10 nitrogen and oxygen atoms in total. The van der Waals surface area contributed by atoms with E-state index in [9.17, 15) is 15.0 Å². The Hall–Kier alpha value is -2.92. The van der Waals surface area contributed by atoms with E-state index >= 15 is 0 Å². The van der Waals surface area contributed by atoms with Crippen LogP contribution >= 0.6 is 0 Å². The second-order valence-electron chi connectivity index (χ2n) is 14.5. The molecule has 5 aliphatic rings. The molecule has 1 aromatic rings. The molecule has 2 aliphatic heterocycles. The molecule has 1 amide bonds. The molecule has 1 saturated heterocycles. The van der Waals surface area contributed by atoms with E-state index < -0.39 is 11.8 Å². The van der Waals surface area contributed by atoms with Crippen LogP contribution in [-0.2, 0) is 14.4 Å². The van der Waals surface area contributed by atoms with Crippen LogP contribution in [0.3, 0.4) is 0 Å². The Balaban J connectivity index is 1.53. The number of benzene rings is 1. The maximum Gasteiger partial charge on any atom is 0.239 e. The summed E-state index contributed by atoms with van der Waals surface area (Å²) in [6.07, 6.45) is 12.3. The summed E-state index contributed by atoms with van der Waals surface area (Å²) in [5, 5.41) is 24.2. The van der Waals surface area contributed by atoms with E-state index in [1.807, 2.05) is 17.0 Å². The molecule has 2 heterocycles. The van der Waals surface area contributed by atoms with Crippen LogP contribution in [0.15, 0.2) is 47.7 Å². The van der Waals surface area contributed by atoms with Gasteiger partial charge in [0.25, 0.3) is 0 Å². The second kappa shape index (κ2) is 16.4. The third-order valence-corrected chi connectivity index (χ3v) is 11.1. The van der Waals surface area contributed by atoms with Gasteiger partial charge in [-0.05, 0) is 80.6 Å². The van der Waals surface area contributed by atoms with Gasteiger partial charge in [-0.15, -0.1) is 6.58 Å². The maximum atomic E-state index is 14.1. The number of fused-ring (bicyclic) bond motifs is 2. The number of hydrogen-bond donors (Lipinski definition) is 2. The molecule has 1 aromatic carbocycles. The van der Waals surface area contributed by atoms with Gasteiger partial charge in [0.15, 0.2) is 0 Å². The predicted octanol–water partition coefficient (Wildman–Crippen LogP) is 5.29. The van der Waals surface area contributed by atoms with Gasteiger partial charge >= 0.3 is 0 Å². The highest BCUT2D eigenvalue weighted by atomic mass is 16.7. The van der Waals surface area contributed by atoms with Crippen molar-refractivity contribution in [1.29, 1.82) is 0 Å². The molecular weight excluding hydrogens is 622 g/mol. The van der Waals surface area contributed by atoms with Gasteiger partial charge in [0, 0.05) is 63.2 Å². The molecule has 10 heteroatoms. The van der Waals surface area contributed by atoms with E-state index in [0.717, 1.165) is 106 Å². The van der Waals surface area contributed by atoms with Crippen LogP contribution in [0.5, 0.6) is 11.5 Å². The molecule has 2 N–H and O–H groups in total. The lowest BCUT2D eigenvalue weighted by atomic mass is 9.55. The highest BCUT2D eigenvalue weighted by molar-refractivity contribution is 6.03. The first-order valence-corrected chi connectivity index (χ1v) is 18.8. The number of aliphatic hydroxyl groups excluding tert-OH is 2. The molecule has 270 valence electrons. The highest BCUT2D eigenvalue weighted by Gasteiger charge is 2.65. The summed E-state index contributed by atoms with van der Waals surface area (Å²) in [7, 11) is 1.59. The minimum atomic E-state index is -1.18. The van der Waals surface area contributed by atoms with Gasteiger partial charge in [-0.1, -0.05) is 37.1 Å². The summed E-state index contributed by atoms with van der Waals surface area (Å²) in [6.45, 7) is 11.1. The van der Waals surface area contributed by atoms with Crippen molar-refractivity contribution in [1.82, 2.24) is 9.80 Å². The third kappa shape index (κ3) is 7.72. The number of hydrogen-bond acceptors (Lipinski definition) is 9. The lowest BCUT2D eigenvalue weighted by molar-refractivity contribution is -0.257. The number of nitrogens with zero attached hydrogens (tertiary/aromatic N) is 3. The summed E-state index contributed by atoms with van der Waals surface area (Å²) >= 11 is 0. The van der Waals surface area contributed by atoms with Gasteiger partial charge in [0.2, 0.25) is 11.7 Å². The average Bonchev–Trinajstić information content (AvgIpc) is 4.04. The van der Waals surface area contributed by atoms with Gasteiger partial charge in [0.1, 0.15) is 31.3 Å². The first kappa shape index (κ1) is 35.9. The Morgan fingerprint density at radius 2 is 1.94 bits per heavy atom. The summed E-state index contributed by atoms with van der Waals surface area (Å²) in [5.41, 5.74) is 2.99. The Morgan fingerprint density at radius 3 is 2.61 bits per heavy atom. The van der Waals surface area contributed by atoms with Crippen molar-refractivity contribution >= 4 is 11.6 Å². The molecule has 3 aliphatic carbocycles. The van der Waals surface area contributed by atoms with E-state index in [1.54, 1.807) is 13.2 Å². The highest BCUT2D eigenvalue weighted by Crippen LogP contribution is 2.62. The zero-order valence-corrected chi connectivity index (χ0v) is 29.6. The van der Waals surface area contributed by atoms with E-state index in [-0.39, 0.29) is 55.3 Å². The van der Waals surface area contributed by atoms with Crippen LogP contribution in [0.25, 0.3) is 0 Å². The molecule has 2 saturated carbocycles. The van der Waals surface area contributed by atoms with Crippen molar-refractivity contribution < 1.29 is 34.1 Å². The Morgan fingerprint density at radius 1 is 1.16 bits per heavy atom. The monoisotopic (exact) mass is 679 g/mol. The predicted molar refractivity (Wildman–Crippen MR) is 189 cm³/mol. The van der Waals surface area contributed by atoms with E-state index in [0.29, 0.717) is 19.6 Å². The maximum absolute atomic E-state index is 14.1. The fourth-order valence-corrected chi connectivity index (χ4v) is 8.66. The standard InChI is InChI=1S/C39H57N3O7/c1-4-16-42(38(45)27-12-13-27)35-26-33(40-46-3)31-24-28(10-6-8-20-43)30(11-7-9-21-44)36-32-25-29(47-23-19-41-17-18-41)14-15-34(32)49-39(35,37(31)36)48-22-5-2/h5,14-15,24-25,27-28,30,35-37,43-44H,2,4,6-13,16-23,26H2,1,3H3/t28-,30+,35-,36+,37+,39+/m0/s1. The molecule has 0 unspecified atom stereocenters. The molecule has 6 atom stereocenters. The molecule has 0 radical (unpaired) electrons. The largest absolute Gasteiger partial charge is 0.492 e. The number of unbranched alkanes of at least 4 members (excludes halogenated alkanes) is 2. The smallest absolute Gasteiger partial charge is 0.239 e. The third-order valence-electron chi connectivity index (χ3n) is 11.1. The van der Waals surface area contributed by atoms with Crippen LogP contribution in [0, 0.1) is 23.7 Å². The zero-order valence-electron chi connectivity index (χ0n) is 29.6. The summed E-state index contributed by atoms with van der Waals surface area (Å²) < 4.78 is 20.6. The first-order chi connectivity index (χ1) is 24.0. The quantitative estimate of drug-likeness (QED) is 0.0828. The van der Waals surface area contributed by atoms with Crippen molar-refractivity contribution in [3.63, 3.8) is 0 Å². The normalized spacial score (nSPS) is 29.3. The van der Waals surface area contributed by atoms with Crippen molar-refractivity contribution in [2.45, 2.75) is 88.9 Å². The fourth-order valence-electron chi connectivity index (χ4n) is 8.66. The minimum Gasteiger partial charge on any atom is -0.492 e. The molecule has 49 heavy (non-hydrogen) atoms. The number of rotatable bonds is 20. The second-order valence-corrected chi connectivity index (χ2v) is 14.5. The Bertz CT molecular complexity index is 1360. The summed E-state index contributed by atoms with van der Waals surface area (Å²) in [6, 6.07) is 5.77. The van der Waals surface area contributed by atoms with Crippen molar-refractivity contribution in [3.05, 3.63) is 48.1 Å². The van der Waals surface area contributed by atoms with Crippen LogP contribution in [-0.4, -0.2) is 103 Å². The number of ether oxygens (including phenoxy) is 3. The fraction of sp³-hybridized carbons (Fsp3) is 0.692. The van der Waals surface area contributed by atoms with Crippen LogP contribution in [0.4, 0.5) is 0 Å². The van der Waals surface area contributed by atoms with E-state index in [4.69, 9.17) is 19.0 Å². The zero-order chi connectivity index (χ0) is 34.4. The van der Waals surface area contributed by atoms with Gasteiger partial charge in [-0.2, -0.15) is 0 Å². The Kier molecular flexibility index (Phi) is 12.0. The number of carbonyl (C=O) groups is 1. The first-order valence-electron chi connectivity index (χ1n) is 18.8. The van der Waals surface area contributed by atoms with E-state index in [1.165, 1.54) is 0 Å². The van der Waals surface area contributed by atoms with Crippen molar-refractivity contribution in [2.24, 2.45) is 28.8 Å². The average molecular weight is 680 g/mol. The SMILES string of the molecule is C=CCO[C@@]12Oc3ccc(OCCN4CC4)cc3[C@H]3[C@H](CCCCO)[C@@H](CCCCO)C=C(C(=NOC)C[C@@H]1N(CCC)C(=O)C1CC1)[C@H]32. The lowest BCUT2D eigenvalue weighted by Crippen LogP contribution is -2.70. The minimum absolute atomic E-state index is 0.0357. The molecular formula is C39H57N3O7. The number of carbonyl (C=O) groups excluding carboxylic acids is 1. The van der Waals surface area contributed by atoms with Gasteiger partial charge < -0.3 is 34.2 Å². The van der Waals surface area contributed by atoms with Crippen molar-refractivity contribution in [2.75, 3.05) is 59.7 Å². The number of allylic oxidation sites excluding steroid dienone is 1. The van der Waals surface area contributed by atoms with Gasteiger partial charge in [-0.3, -0.25) is 9.69 Å². The Labute approximate surface area is 292 Å². The number of amides is 1. The lowest BCUT2D eigenvalue weighted by Gasteiger charge is -2.60. The van der Waals surface area contributed by atoms with Gasteiger partial charge in [-0.25, -0.2) is 0 Å². The number of aliphatic hydroxyl groups is 2. The van der Waals surface area contributed by atoms with Crippen LogP contribution in [0.2, 0.25) is 0 Å². The van der Waals surface area contributed by atoms with E-state index in [2.05, 4.69) is 35.7 Å². The summed E-state index contributed by atoms with van der Waals surface area (Å²) in [4.78, 5) is 24.0. The number of oxime groups is 1. The molecule has 0 bridgehead atoms. The molecule has 0 aromatic heterocycles. The van der Waals surface area contributed by atoms with Gasteiger partial charge in [0.05, 0.1) is 18.2 Å². The molecule has 3 fully saturated rings. The van der Waals surface area contributed by atoms with Crippen LogP contribution in [0.1, 0.15) is 82.6 Å². The summed E-state index contributed by atoms with van der Waals surface area (Å²) in [5.74, 6) is 0.686. The van der Waals surface area contributed by atoms with Crippen LogP contribution < -0.4 is 9.47 Å². The van der Waals surface area contributed by atoms with Crippen molar-refractivity contribution in [3.8, 4) is 11.5 Å².